The highest BCUT2D eigenvalue weighted by Crippen LogP contribution is 2.21. The normalized spacial score (nSPS) is 15.4. The van der Waals surface area contributed by atoms with Crippen LogP contribution in [0, 0.1) is 5.82 Å². The van der Waals surface area contributed by atoms with Gasteiger partial charge in [0.25, 0.3) is 0 Å². The van der Waals surface area contributed by atoms with E-state index in [4.69, 9.17) is 4.74 Å². The fourth-order valence-corrected chi connectivity index (χ4v) is 3.70. The third-order valence-corrected chi connectivity index (χ3v) is 5.50. The first-order valence-electron chi connectivity index (χ1n) is 9.90. The first kappa shape index (κ1) is 20.3. The molecule has 1 fully saturated rings. The predicted molar refractivity (Wildman–Crippen MR) is 109 cm³/mol. The highest BCUT2D eigenvalue weighted by molar-refractivity contribution is 5.77. The number of carbonyl (C=O) groups excluding carboxylic acids is 1. The number of amides is 1. The molecule has 1 saturated heterocycles. The van der Waals surface area contributed by atoms with Crippen LogP contribution >= 0.6 is 0 Å². The van der Waals surface area contributed by atoms with Crippen molar-refractivity contribution in [3.63, 3.8) is 0 Å². The van der Waals surface area contributed by atoms with Crippen LogP contribution in [0.25, 0.3) is 0 Å². The average molecular weight is 384 g/mol. The zero-order chi connectivity index (χ0) is 19.9. The number of nitrogens with zero attached hydrogens (tertiary/aromatic N) is 2. The molecule has 1 aliphatic rings. The molecule has 0 bridgehead atoms. The van der Waals surface area contributed by atoms with Gasteiger partial charge in [-0.1, -0.05) is 24.3 Å². The van der Waals surface area contributed by atoms with Crippen molar-refractivity contribution in [3.8, 4) is 5.75 Å². The zero-order valence-corrected chi connectivity index (χ0v) is 16.7. The van der Waals surface area contributed by atoms with E-state index < -0.39 is 0 Å². The van der Waals surface area contributed by atoms with Gasteiger partial charge in [-0.3, -0.25) is 4.79 Å². The molecule has 2 aromatic rings. The van der Waals surface area contributed by atoms with Crippen LogP contribution in [0.5, 0.6) is 5.75 Å². The molecule has 0 spiro atoms. The van der Waals surface area contributed by atoms with E-state index in [1.54, 1.807) is 19.2 Å². The summed E-state index contributed by atoms with van der Waals surface area (Å²) in [4.78, 5) is 17.4. The number of hydrogen-bond acceptors (Lipinski definition) is 3. The van der Waals surface area contributed by atoms with Gasteiger partial charge >= 0.3 is 0 Å². The number of likely N-dealkylation sites (tertiary alicyclic amines) is 1. The Labute approximate surface area is 166 Å². The first-order valence-corrected chi connectivity index (χ1v) is 9.90. The molecule has 0 aliphatic carbocycles. The van der Waals surface area contributed by atoms with Crippen molar-refractivity contribution in [2.24, 2.45) is 0 Å². The second kappa shape index (κ2) is 9.69. The topological polar surface area (TPSA) is 32.8 Å². The van der Waals surface area contributed by atoms with E-state index in [2.05, 4.69) is 11.9 Å². The summed E-state index contributed by atoms with van der Waals surface area (Å²) in [7, 11) is 3.76. The van der Waals surface area contributed by atoms with E-state index in [-0.39, 0.29) is 17.8 Å². The number of hydrogen-bond donors (Lipinski definition) is 0. The molecule has 0 N–H and O–H groups in total. The second-order valence-corrected chi connectivity index (χ2v) is 7.53. The number of ether oxygens (including phenoxy) is 1. The van der Waals surface area contributed by atoms with Gasteiger partial charge in [0.05, 0.1) is 7.11 Å². The SMILES string of the molecule is COc1ccc(CCC(=O)N(Cc2ccc(F)cc2)C2CCN(C)CC2)cc1. The molecule has 0 radical (unpaired) electrons. The van der Waals surface area contributed by atoms with Gasteiger partial charge in [-0.15, -0.1) is 0 Å². The number of rotatable bonds is 7. The molecule has 5 heteroatoms. The lowest BCUT2D eigenvalue weighted by atomic mass is 10.0. The Balaban J connectivity index is 1.67. The maximum absolute atomic E-state index is 13.2. The lowest BCUT2D eigenvalue weighted by molar-refractivity contribution is -0.135. The molecular formula is C23H29FN2O2. The highest BCUT2D eigenvalue weighted by Gasteiger charge is 2.26. The molecule has 0 unspecified atom stereocenters. The molecule has 0 atom stereocenters. The van der Waals surface area contributed by atoms with Gasteiger partial charge in [0, 0.05) is 19.0 Å². The van der Waals surface area contributed by atoms with Crippen molar-refractivity contribution in [1.29, 1.82) is 0 Å². The fraction of sp³-hybridized carbons (Fsp3) is 0.435. The third kappa shape index (κ3) is 5.55. The van der Waals surface area contributed by atoms with Crippen LogP contribution in [0.15, 0.2) is 48.5 Å². The van der Waals surface area contributed by atoms with Gasteiger partial charge in [0.1, 0.15) is 11.6 Å². The van der Waals surface area contributed by atoms with Crippen LogP contribution in [0.2, 0.25) is 0 Å². The number of carbonyl (C=O) groups is 1. The van der Waals surface area contributed by atoms with E-state index in [0.29, 0.717) is 19.4 Å². The van der Waals surface area contributed by atoms with E-state index in [1.165, 1.54) is 12.1 Å². The van der Waals surface area contributed by atoms with Gasteiger partial charge in [-0.25, -0.2) is 4.39 Å². The van der Waals surface area contributed by atoms with Gasteiger partial charge in [0.15, 0.2) is 0 Å². The third-order valence-electron chi connectivity index (χ3n) is 5.50. The standard InChI is InChI=1S/C23H29FN2O2/c1-25-15-13-21(14-16-25)26(17-19-3-8-20(24)9-4-19)23(27)12-7-18-5-10-22(28-2)11-6-18/h3-6,8-11,21H,7,12-17H2,1-2H3. The lowest BCUT2D eigenvalue weighted by Gasteiger charge is -2.37. The van der Waals surface area contributed by atoms with Crippen molar-refractivity contribution in [1.82, 2.24) is 9.80 Å². The summed E-state index contributed by atoms with van der Waals surface area (Å²) in [6, 6.07) is 14.6. The minimum absolute atomic E-state index is 0.162. The molecular weight excluding hydrogens is 355 g/mol. The summed E-state index contributed by atoms with van der Waals surface area (Å²) in [6.07, 6.45) is 3.13. The first-order chi connectivity index (χ1) is 13.5. The maximum atomic E-state index is 13.2. The fourth-order valence-electron chi connectivity index (χ4n) is 3.70. The Morgan fingerprint density at radius 3 is 2.29 bits per heavy atom. The van der Waals surface area contributed by atoms with E-state index in [9.17, 15) is 9.18 Å². The molecule has 1 aliphatic heterocycles. The Morgan fingerprint density at radius 1 is 1.07 bits per heavy atom. The highest BCUT2D eigenvalue weighted by atomic mass is 19.1. The van der Waals surface area contributed by atoms with Crippen LogP contribution in [-0.4, -0.2) is 49.0 Å². The molecule has 0 aromatic heterocycles. The average Bonchev–Trinajstić information content (AvgIpc) is 2.73. The number of piperidine rings is 1. The van der Waals surface area contributed by atoms with E-state index >= 15 is 0 Å². The smallest absolute Gasteiger partial charge is 0.223 e. The van der Waals surface area contributed by atoms with Crippen LogP contribution in [0.4, 0.5) is 4.39 Å². The minimum Gasteiger partial charge on any atom is -0.497 e. The molecule has 0 saturated carbocycles. The van der Waals surface area contributed by atoms with Crippen LogP contribution in [0.3, 0.4) is 0 Å². The molecule has 1 heterocycles. The van der Waals surface area contributed by atoms with Crippen LogP contribution in [0.1, 0.15) is 30.4 Å². The number of methoxy groups -OCH3 is 1. The van der Waals surface area contributed by atoms with E-state index in [0.717, 1.165) is 42.8 Å². The Hall–Kier alpha value is -2.40. The Morgan fingerprint density at radius 2 is 1.68 bits per heavy atom. The summed E-state index contributed by atoms with van der Waals surface area (Å²) < 4.78 is 18.4. The summed E-state index contributed by atoms with van der Waals surface area (Å²) in [5, 5.41) is 0. The summed E-state index contributed by atoms with van der Waals surface area (Å²) >= 11 is 0. The summed E-state index contributed by atoms with van der Waals surface area (Å²) in [5.74, 6) is 0.731. The van der Waals surface area contributed by atoms with Gasteiger partial charge in [-0.05, 0) is 74.8 Å². The summed E-state index contributed by atoms with van der Waals surface area (Å²) in [6.45, 7) is 2.53. The number of halogens is 1. The van der Waals surface area contributed by atoms with Crippen molar-refractivity contribution in [2.75, 3.05) is 27.2 Å². The van der Waals surface area contributed by atoms with Crippen molar-refractivity contribution in [2.45, 2.75) is 38.3 Å². The van der Waals surface area contributed by atoms with Gasteiger partial charge < -0.3 is 14.5 Å². The molecule has 28 heavy (non-hydrogen) atoms. The van der Waals surface area contributed by atoms with Crippen molar-refractivity contribution in [3.05, 3.63) is 65.5 Å². The van der Waals surface area contributed by atoms with E-state index in [1.807, 2.05) is 29.2 Å². The van der Waals surface area contributed by atoms with Gasteiger partial charge in [0.2, 0.25) is 5.91 Å². The largest absolute Gasteiger partial charge is 0.497 e. The second-order valence-electron chi connectivity index (χ2n) is 7.53. The molecule has 150 valence electrons. The predicted octanol–water partition coefficient (Wildman–Crippen LogP) is 3.89. The van der Waals surface area contributed by atoms with Crippen molar-refractivity contribution >= 4 is 5.91 Å². The molecule has 3 rings (SSSR count). The quantitative estimate of drug-likeness (QED) is 0.726. The lowest BCUT2D eigenvalue weighted by Crippen LogP contribution is -2.46. The number of aryl methyl sites for hydroxylation is 1. The number of benzene rings is 2. The Bertz CT molecular complexity index is 753. The molecule has 2 aromatic carbocycles. The summed E-state index contributed by atoms with van der Waals surface area (Å²) in [5.41, 5.74) is 2.09. The Kier molecular flexibility index (Phi) is 7.04. The molecule has 1 amide bonds. The van der Waals surface area contributed by atoms with Gasteiger partial charge in [-0.2, -0.15) is 0 Å². The van der Waals surface area contributed by atoms with Crippen LogP contribution < -0.4 is 4.74 Å². The zero-order valence-electron chi connectivity index (χ0n) is 16.7. The minimum atomic E-state index is -0.250. The van der Waals surface area contributed by atoms with Crippen molar-refractivity contribution < 1.29 is 13.9 Å². The van der Waals surface area contributed by atoms with Crippen LogP contribution in [-0.2, 0) is 17.8 Å². The molecule has 4 nitrogen and oxygen atoms in total. The monoisotopic (exact) mass is 384 g/mol. The maximum Gasteiger partial charge on any atom is 0.223 e.